The molecule has 1 aromatic heterocycles. The van der Waals surface area contributed by atoms with Crippen molar-refractivity contribution in [2.24, 2.45) is 5.73 Å². The van der Waals surface area contributed by atoms with Crippen LogP contribution >= 0.6 is 0 Å². The molecule has 0 saturated heterocycles. The Kier molecular flexibility index (Phi) is 2.02. The van der Waals surface area contributed by atoms with Crippen molar-refractivity contribution in [3.05, 3.63) is 22.8 Å². The average Bonchev–Trinajstić information content (AvgIpc) is 3.00. The predicted octanol–water partition coefficient (Wildman–Crippen LogP) is 2.00. The Labute approximate surface area is 90.1 Å². The van der Waals surface area contributed by atoms with E-state index in [1.807, 2.05) is 0 Å². The van der Waals surface area contributed by atoms with Gasteiger partial charge in [0.05, 0.1) is 0 Å². The summed E-state index contributed by atoms with van der Waals surface area (Å²) in [5.41, 5.74) is 9.68. The molecule has 1 atom stereocenters. The zero-order chi connectivity index (χ0) is 10.4. The van der Waals surface area contributed by atoms with Gasteiger partial charge in [-0.2, -0.15) is 0 Å². The molecule has 1 aromatic rings. The van der Waals surface area contributed by atoms with E-state index in [9.17, 15) is 0 Å². The van der Waals surface area contributed by atoms with Gasteiger partial charge < -0.3 is 5.73 Å². The summed E-state index contributed by atoms with van der Waals surface area (Å²) in [4.78, 5) is 9.30. The van der Waals surface area contributed by atoms with Crippen molar-refractivity contribution in [2.75, 3.05) is 0 Å². The molecule has 1 unspecified atom stereocenters. The van der Waals surface area contributed by atoms with E-state index in [0.717, 1.165) is 24.4 Å². The molecule has 1 fully saturated rings. The summed E-state index contributed by atoms with van der Waals surface area (Å²) in [6.45, 7) is 2.08. The lowest BCUT2D eigenvalue weighted by atomic mass is 9.91. The maximum absolute atomic E-state index is 6.11. The highest BCUT2D eigenvalue weighted by Gasteiger charge is 2.29. The van der Waals surface area contributed by atoms with Gasteiger partial charge in [-0.25, -0.2) is 9.97 Å². The van der Waals surface area contributed by atoms with Gasteiger partial charge in [0.15, 0.2) is 0 Å². The second-order valence-electron chi connectivity index (χ2n) is 4.80. The molecule has 0 aromatic carbocycles. The summed E-state index contributed by atoms with van der Waals surface area (Å²) < 4.78 is 0. The van der Waals surface area contributed by atoms with Gasteiger partial charge in [0.1, 0.15) is 5.82 Å². The van der Waals surface area contributed by atoms with E-state index in [2.05, 4.69) is 11.9 Å². The van der Waals surface area contributed by atoms with Crippen molar-refractivity contribution in [1.29, 1.82) is 0 Å². The van der Waals surface area contributed by atoms with Crippen LogP contribution in [0.2, 0.25) is 0 Å². The first-order valence-electron chi connectivity index (χ1n) is 5.88. The fraction of sp³-hybridized carbons (Fsp3) is 0.667. The minimum atomic E-state index is 0.169. The lowest BCUT2D eigenvalue weighted by molar-refractivity contribution is 0.548. The van der Waals surface area contributed by atoms with Crippen molar-refractivity contribution in [2.45, 2.75) is 51.0 Å². The third kappa shape index (κ3) is 1.55. The van der Waals surface area contributed by atoms with Crippen LogP contribution in [0.4, 0.5) is 0 Å². The third-order valence-corrected chi connectivity index (χ3v) is 3.47. The van der Waals surface area contributed by atoms with Gasteiger partial charge in [-0.1, -0.05) is 0 Å². The van der Waals surface area contributed by atoms with Crippen LogP contribution in [0.15, 0.2) is 0 Å². The van der Waals surface area contributed by atoms with Gasteiger partial charge in [0.2, 0.25) is 0 Å². The Morgan fingerprint density at radius 3 is 2.73 bits per heavy atom. The molecular weight excluding hydrogens is 186 g/mol. The van der Waals surface area contributed by atoms with Crippen LogP contribution in [-0.4, -0.2) is 9.97 Å². The van der Waals surface area contributed by atoms with E-state index in [4.69, 9.17) is 10.7 Å². The number of hydrogen-bond donors (Lipinski definition) is 1. The van der Waals surface area contributed by atoms with Crippen molar-refractivity contribution < 1.29 is 0 Å². The topological polar surface area (TPSA) is 51.8 Å². The molecule has 1 saturated carbocycles. The van der Waals surface area contributed by atoms with Gasteiger partial charge in [0.25, 0.3) is 0 Å². The van der Waals surface area contributed by atoms with Crippen LogP contribution in [0.1, 0.15) is 60.4 Å². The number of hydrogen-bond acceptors (Lipinski definition) is 3. The minimum absolute atomic E-state index is 0.169. The Hall–Kier alpha value is -0.960. The summed E-state index contributed by atoms with van der Waals surface area (Å²) in [7, 11) is 0. The highest BCUT2D eigenvalue weighted by Crippen LogP contribution is 2.39. The molecule has 3 nitrogen and oxygen atoms in total. The Morgan fingerprint density at radius 1 is 1.20 bits per heavy atom. The van der Waals surface area contributed by atoms with Crippen LogP contribution in [0.5, 0.6) is 0 Å². The second kappa shape index (κ2) is 3.27. The normalized spacial score (nSPS) is 25.1. The second-order valence-corrected chi connectivity index (χ2v) is 4.80. The van der Waals surface area contributed by atoms with Crippen LogP contribution in [0.3, 0.4) is 0 Å². The molecule has 3 heteroatoms. The molecular formula is C12H17N3. The smallest absolute Gasteiger partial charge is 0.131 e. The number of aryl methyl sites for hydroxylation is 2. The first-order valence-corrected chi connectivity index (χ1v) is 5.88. The fourth-order valence-electron chi connectivity index (χ4n) is 2.50. The average molecular weight is 203 g/mol. The van der Waals surface area contributed by atoms with Gasteiger partial charge in [0, 0.05) is 28.9 Å². The van der Waals surface area contributed by atoms with Crippen LogP contribution in [-0.2, 0) is 6.42 Å². The maximum Gasteiger partial charge on any atom is 0.131 e. The van der Waals surface area contributed by atoms with E-state index in [0.29, 0.717) is 5.92 Å². The molecule has 2 N–H and O–H groups in total. The highest BCUT2D eigenvalue weighted by molar-refractivity contribution is 5.31. The molecule has 3 rings (SSSR count). The Balaban J connectivity index is 2.08. The lowest BCUT2D eigenvalue weighted by Gasteiger charge is -2.23. The number of fused-ring (bicyclic) bond motifs is 1. The first-order chi connectivity index (χ1) is 7.25. The number of nitrogens with zero attached hydrogens (tertiary/aromatic N) is 2. The largest absolute Gasteiger partial charge is 0.324 e. The zero-order valence-electron chi connectivity index (χ0n) is 9.16. The molecule has 0 radical (unpaired) electrons. The molecule has 1 heterocycles. The fourth-order valence-corrected chi connectivity index (χ4v) is 2.50. The number of rotatable bonds is 1. The molecule has 2 aliphatic rings. The Morgan fingerprint density at radius 2 is 2.00 bits per heavy atom. The molecule has 0 aliphatic heterocycles. The van der Waals surface area contributed by atoms with Crippen LogP contribution in [0.25, 0.3) is 0 Å². The van der Waals surface area contributed by atoms with Crippen LogP contribution < -0.4 is 5.73 Å². The van der Waals surface area contributed by atoms with Crippen molar-refractivity contribution in [1.82, 2.24) is 9.97 Å². The lowest BCUT2D eigenvalue weighted by Crippen LogP contribution is -2.21. The van der Waals surface area contributed by atoms with Gasteiger partial charge >= 0.3 is 0 Å². The molecule has 15 heavy (non-hydrogen) atoms. The number of aromatic nitrogens is 2. The highest BCUT2D eigenvalue weighted by atomic mass is 14.9. The standard InChI is InChI=1S/C12H17N3/c1-7-11-9(13)3-2-4-10(11)15-12(14-7)8-5-6-8/h8-9H,2-6,13H2,1H3. The van der Waals surface area contributed by atoms with E-state index < -0.39 is 0 Å². The predicted molar refractivity (Wildman–Crippen MR) is 58.6 cm³/mol. The van der Waals surface area contributed by atoms with Crippen molar-refractivity contribution in [3.63, 3.8) is 0 Å². The molecule has 80 valence electrons. The van der Waals surface area contributed by atoms with Gasteiger partial charge in [-0.05, 0) is 39.0 Å². The summed E-state index contributed by atoms with van der Waals surface area (Å²) in [5.74, 6) is 1.72. The molecule has 0 bridgehead atoms. The summed E-state index contributed by atoms with van der Waals surface area (Å²) >= 11 is 0. The number of nitrogens with two attached hydrogens (primary N) is 1. The van der Waals surface area contributed by atoms with E-state index >= 15 is 0 Å². The Bertz CT molecular complexity index is 396. The van der Waals surface area contributed by atoms with Crippen LogP contribution in [0, 0.1) is 6.92 Å². The van der Waals surface area contributed by atoms with Gasteiger partial charge in [-0.3, -0.25) is 0 Å². The summed E-state index contributed by atoms with van der Waals surface area (Å²) in [6.07, 6.45) is 5.88. The maximum atomic E-state index is 6.11. The molecule has 2 aliphatic carbocycles. The summed E-state index contributed by atoms with van der Waals surface area (Å²) in [5, 5.41) is 0. The van der Waals surface area contributed by atoms with Crippen molar-refractivity contribution in [3.8, 4) is 0 Å². The van der Waals surface area contributed by atoms with E-state index in [-0.39, 0.29) is 6.04 Å². The SMILES string of the molecule is Cc1nc(C2CC2)nc2c1C(N)CCC2. The zero-order valence-corrected chi connectivity index (χ0v) is 9.16. The monoisotopic (exact) mass is 203 g/mol. The molecule has 0 amide bonds. The van der Waals surface area contributed by atoms with E-state index in [1.54, 1.807) is 0 Å². The van der Waals surface area contributed by atoms with E-state index in [1.165, 1.54) is 30.5 Å². The molecule has 0 spiro atoms. The minimum Gasteiger partial charge on any atom is -0.324 e. The first kappa shape index (κ1) is 9.28. The summed E-state index contributed by atoms with van der Waals surface area (Å²) in [6, 6.07) is 0.169. The quantitative estimate of drug-likeness (QED) is 0.759. The third-order valence-electron chi connectivity index (χ3n) is 3.47. The van der Waals surface area contributed by atoms with Gasteiger partial charge in [-0.15, -0.1) is 0 Å². The van der Waals surface area contributed by atoms with Crippen molar-refractivity contribution >= 4 is 0 Å².